The van der Waals surface area contributed by atoms with Crippen LogP contribution in [-0.4, -0.2) is 35.3 Å². The van der Waals surface area contributed by atoms with Crippen molar-refractivity contribution in [3.8, 4) is 34.0 Å². The molecule has 4 aromatic rings. The molecular formula is C28H29N3O3S. The van der Waals surface area contributed by atoms with Crippen molar-refractivity contribution in [3.05, 3.63) is 77.9 Å². The molecule has 1 unspecified atom stereocenters. The molecule has 1 amide bonds. The summed E-state index contributed by atoms with van der Waals surface area (Å²) in [5, 5.41) is 3.24. The smallest absolute Gasteiger partial charge is 0.237 e. The molecule has 0 spiro atoms. The van der Waals surface area contributed by atoms with E-state index in [0.29, 0.717) is 22.3 Å². The molecular weight excluding hydrogens is 458 g/mol. The minimum absolute atomic E-state index is 0.143. The lowest BCUT2D eigenvalue weighted by atomic mass is 10.0. The molecule has 0 saturated carbocycles. The first kappa shape index (κ1) is 24.4. The first-order valence-electron chi connectivity index (χ1n) is 11.3. The molecule has 3 aromatic carbocycles. The van der Waals surface area contributed by atoms with Gasteiger partial charge in [-0.15, -0.1) is 0 Å². The number of imidazole rings is 1. The zero-order valence-corrected chi connectivity index (χ0v) is 21.3. The Bertz CT molecular complexity index is 1230. The number of amides is 1. The third-order valence-electron chi connectivity index (χ3n) is 5.62. The lowest BCUT2D eigenvalue weighted by Crippen LogP contribution is -2.22. The number of anilines is 1. The van der Waals surface area contributed by atoms with E-state index in [2.05, 4.69) is 72.7 Å². The normalized spacial score (nSPS) is 11.7. The lowest BCUT2D eigenvalue weighted by molar-refractivity contribution is -0.115. The first-order chi connectivity index (χ1) is 16.9. The number of H-pyrrole nitrogens is 1. The lowest BCUT2D eigenvalue weighted by Gasteiger charge is -2.13. The van der Waals surface area contributed by atoms with Gasteiger partial charge < -0.3 is 19.8 Å². The Labute approximate surface area is 210 Å². The summed E-state index contributed by atoms with van der Waals surface area (Å²) in [4.78, 5) is 21.3. The van der Waals surface area contributed by atoms with E-state index in [1.165, 1.54) is 22.9 Å². The van der Waals surface area contributed by atoms with Crippen molar-refractivity contribution in [2.24, 2.45) is 0 Å². The molecule has 180 valence electrons. The molecule has 4 rings (SSSR count). The summed E-state index contributed by atoms with van der Waals surface area (Å²) in [5.74, 6) is 1.07. The summed E-state index contributed by atoms with van der Waals surface area (Å²) < 4.78 is 10.6. The molecule has 7 heteroatoms. The summed E-state index contributed by atoms with van der Waals surface area (Å²) >= 11 is 1.38. The maximum atomic E-state index is 13.0. The van der Waals surface area contributed by atoms with Gasteiger partial charge in [0.2, 0.25) is 5.91 Å². The Morgan fingerprint density at radius 1 is 0.886 bits per heavy atom. The van der Waals surface area contributed by atoms with E-state index in [9.17, 15) is 4.79 Å². The number of aromatic nitrogens is 2. The van der Waals surface area contributed by atoms with Crippen LogP contribution in [-0.2, 0) is 4.79 Å². The largest absolute Gasteiger partial charge is 0.497 e. The van der Waals surface area contributed by atoms with Crippen LogP contribution in [0.15, 0.2) is 71.9 Å². The van der Waals surface area contributed by atoms with Gasteiger partial charge in [-0.25, -0.2) is 4.98 Å². The van der Waals surface area contributed by atoms with Gasteiger partial charge in [0.15, 0.2) is 5.16 Å². The molecule has 35 heavy (non-hydrogen) atoms. The van der Waals surface area contributed by atoms with Crippen LogP contribution in [0.4, 0.5) is 5.69 Å². The molecule has 1 atom stereocenters. The highest BCUT2D eigenvalue weighted by Crippen LogP contribution is 2.34. The second kappa shape index (κ2) is 10.7. The highest BCUT2D eigenvalue weighted by Gasteiger charge is 2.20. The van der Waals surface area contributed by atoms with Crippen LogP contribution in [0, 0.1) is 13.8 Å². The topological polar surface area (TPSA) is 76.2 Å². The molecule has 0 aliphatic carbocycles. The van der Waals surface area contributed by atoms with Gasteiger partial charge in [-0.2, -0.15) is 0 Å². The molecule has 0 saturated heterocycles. The fourth-order valence-corrected chi connectivity index (χ4v) is 4.41. The monoisotopic (exact) mass is 487 g/mol. The third-order valence-corrected chi connectivity index (χ3v) is 6.61. The number of aryl methyl sites for hydroxylation is 2. The molecule has 6 nitrogen and oxygen atoms in total. The van der Waals surface area contributed by atoms with Crippen molar-refractivity contribution in [2.75, 3.05) is 19.5 Å². The number of carbonyl (C=O) groups is 1. The second-order valence-corrected chi connectivity index (χ2v) is 9.68. The zero-order chi connectivity index (χ0) is 24.9. The van der Waals surface area contributed by atoms with Gasteiger partial charge in [0.1, 0.15) is 11.5 Å². The number of methoxy groups -OCH3 is 2. The molecule has 0 bridgehead atoms. The Balaban J connectivity index is 1.59. The Morgan fingerprint density at radius 3 is 1.97 bits per heavy atom. The summed E-state index contributed by atoms with van der Waals surface area (Å²) in [7, 11) is 3.15. The number of ether oxygens (including phenoxy) is 2. The number of rotatable bonds is 8. The number of hydrogen-bond donors (Lipinski definition) is 2. The summed E-state index contributed by atoms with van der Waals surface area (Å²) in [6, 6.07) is 21.9. The van der Waals surface area contributed by atoms with E-state index < -0.39 is 5.25 Å². The van der Waals surface area contributed by atoms with E-state index in [1.807, 2.05) is 6.92 Å². The minimum atomic E-state index is -0.393. The van der Waals surface area contributed by atoms with Crippen molar-refractivity contribution in [2.45, 2.75) is 31.2 Å². The van der Waals surface area contributed by atoms with Crippen molar-refractivity contribution < 1.29 is 14.3 Å². The van der Waals surface area contributed by atoms with Gasteiger partial charge in [-0.1, -0.05) is 71.4 Å². The van der Waals surface area contributed by atoms with Gasteiger partial charge in [-0.05, 0) is 20.8 Å². The fourth-order valence-electron chi connectivity index (χ4n) is 3.60. The van der Waals surface area contributed by atoms with Crippen LogP contribution in [0.5, 0.6) is 11.5 Å². The standard InChI is InChI=1S/C28H29N3O3S/c1-17-6-10-20(11-7-17)25-26(21-12-8-18(2)9-13-21)31-28(30-25)35-19(3)27(32)29-22-14-23(33-4)16-24(15-22)34-5/h6-16,19H,1-5H3,(H,29,32)(H,30,31). The molecule has 0 fully saturated rings. The van der Waals surface area contributed by atoms with Crippen LogP contribution < -0.4 is 14.8 Å². The van der Waals surface area contributed by atoms with Gasteiger partial charge >= 0.3 is 0 Å². The first-order valence-corrected chi connectivity index (χ1v) is 12.2. The Hall–Kier alpha value is -3.71. The number of nitrogens with one attached hydrogen (secondary N) is 2. The highest BCUT2D eigenvalue weighted by molar-refractivity contribution is 8.00. The van der Waals surface area contributed by atoms with E-state index in [1.54, 1.807) is 32.4 Å². The van der Waals surface area contributed by atoms with Crippen LogP contribution in [0.1, 0.15) is 18.1 Å². The highest BCUT2D eigenvalue weighted by atomic mass is 32.2. The van der Waals surface area contributed by atoms with Gasteiger partial charge in [0.05, 0.1) is 30.9 Å². The summed E-state index contributed by atoms with van der Waals surface area (Å²) in [5.41, 5.74) is 6.86. The van der Waals surface area contributed by atoms with Crippen molar-refractivity contribution in [1.82, 2.24) is 9.97 Å². The second-order valence-electron chi connectivity index (χ2n) is 8.35. The maximum absolute atomic E-state index is 13.0. The molecule has 1 heterocycles. The van der Waals surface area contributed by atoms with Gasteiger partial charge in [0, 0.05) is 35.0 Å². The van der Waals surface area contributed by atoms with Crippen LogP contribution in [0.2, 0.25) is 0 Å². The van der Waals surface area contributed by atoms with Crippen LogP contribution >= 0.6 is 11.8 Å². The number of hydrogen-bond acceptors (Lipinski definition) is 5. The van der Waals surface area contributed by atoms with Crippen molar-refractivity contribution >= 4 is 23.4 Å². The average Bonchev–Trinajstić information content (AvgIpc) is 3.28. The third kappa shape index (κ3) is 5.87. The SMILES string of the molecule is COc1cc(NC(=O)C(C)Sc2nc(-c3ccc(C)cc3)c(-c3ccc(C)cc3)[nH]2)cc(OC)c1. The molecule has 2 N–H and O–H groups in total. The van der Waals surface area contributed by atoms with Crippen molar-refractivity contribution in [3.63, 3.8) is 0 Å². The van der Waals surface area contributed by atoms with Crippen molar-refractivity contribution in [1.29, 1.82) is 0 Å². The predicted molar refractivity (Wildman–Crippen MR) is 142 cm³/mol. The number of nitrogens with zero attached hydrogens (tertiary/aromatic N) is 1. The zero-order valence-electron chi connectivity index (χ0n) is 20.5. The Morgan fingerprint density at radius 2 is 1.43 bits per heavy atom. The predicted octanol–water partition coefficient (Wildman–Crippen LogP) is 6.50. The van der Waals surface area contributed by atoms with E-state index >= 15 is 0 Å². The quantitative estimate of drug-likeness (QED) is 0.278. The molecule has 0 radical (unpaired) electrons. The fraction of sp³-hybridized carbons (Fsp3) is 0.214. The van der Waals surface area contributed by atoms with Crippen LogP contribution in [0.25, 0.3) is 22.5 Å². The number of aromatic amines is 1. The number of thioether (sulfide) groups is 1. The number of benzene rings is 3. The Kier molecular flexibility index (Phi) is 7.46. The van der Waals surface area contributed by atoms with E-state index in [-0.39, 0.29) is 5.91 Å². The molecule has 0 aliphatic rings. The van der Waals surface area contributed by atoms with Gasteiger partial charge in [0.25, 0.3) is 0 Å². The summed E-state index contributed by atoms with van der Waals surface area (Å²) in [6.07, 6.45) is 0. The van der Waals surface area contributed by atoms with Gasteiger partial charge in [-0.3, -0.25) is 4.79 Å². The average molecular weight is 488 g/mol. The molecule has 1 aromatic heterocycles. The minimum Gasteiger partial charge on any atom is -0.497 e. The van der Waals surface area contributed by atoms with E-state index in [4.69, 9.17) is 14.5 Å². The molecule has 0 aliphatic heterocycles. The number of carbonyl (C=O) groups excluding carboxylic acids is 1. The summed E-state index contributed by atoms with van der Waals surface area (Å²) in [6.45, 7) is 5.99. The van der Waals surface area contributed by atoms with E-state index in [0.717, 1.165) is 22.5 Å². The van der Waals surface area contributed by atoms with Crippen LogP contribution in [0.3, 0.4) is 0 Å². The maximum Gasteiger partial charge on any atom is 0.237 e.